The fourth-order valence-electron chi connectivity index (χ4n) is 2.22. The molecular weight excluding hydrogens is 148 g/mol. The first-order valence-electron chi connectivity index (χ1n) is 5.33. The predicted octanol–water partition coefficient (Wildman–Crippen LogP) is 1.22. The van der Waals surface area contributed by atoms with Crippen LogP contribution in [0.25, 0.3) is 0 Å². The Hall–Kier alpha value is -0.0800. The van der Waals surface area contributed by atoms with Crippen molar-refractivity contribution in [3.05, 3.63) is 0 Å². The Balaban J connectivity index is 1.85. The molecule has 0 radical (unpaired) electrons. The second kappa shape index (κ2) is 3.75. The molecule has 0 aromatic rings. The lowest BCUT2D eigenvalue weighted by atomic mass is 9.91. The van der Waals surface area contributed by atoms with Crippen LogP contribution in [-0.4, -0.2) is 36.6 Å². The molecule has 70 valence electrons. The van der Waals surface area contributed by atoms with E-state index in [1.165, 1.54) is 45.3 Å². The number of hydrogen-bond acceptors (Lipinski definition) is 2. The van der Waals surface area contributed by atoms with Crippen molar-refractivity contribution in [2.75, 3.05) is 19.6 Å². The molecular formula is C10H20N2. The van der Waals surface area contributed by atoms with E-state index in [0.717, 1.165) is 6.04 Å². The van der Waals surface area contributed by atoms with Gasteiger partial charge in [0, 0.05) is 18.6 Å². The Morgan fingerprint density at radius 2 is 2.08 bits per heavy atom. The molecule has 2 nitrogen and oxygen atoms in total. The molecule has 0 amide bonds. The third-order valence-corrected chi connectivity index (χ3v) is 3.21. The van der Waals surface area contributed by atoms with Gasteiger partial charge in [-0.05, 0) is 39.3 Å². The van der Waals surface area contributed by atoms with Crippen molar-refractivity contribution in [1.29, 1.82) is 0 Å². The minimum Gasteiger partial charge on any atom is -0.313 e. The lowest BCUT2D eigenvalue weighted by Gasteiger charge is -2.37. The Bertz CT molecular complexity index is 143. The summed E-state index contributed by atoms with van der Waals surface area (Å²) >= 11 is 0. The molecule has 1 saturated heterocycles. The molecule has 1 saturated carbocycles. The van der Waals surface area contributed by atoms with Crippen LogP contribution in [0.1, 0.15) is 32.6 Å². The monoisotopic (exact) mass is 168 g/mol. The number of rotatable bonds is 1. The highest BCUT2D eigenvalue weighted by atomic mass is 15.2. The third-order valence-electron chi connectivity index (χ3n) is 3.21. The standard InChI is InChI=1S/C10H20N2/c1-9-8-12(7-3-6-11-9)10-4-2-5-10/h9-11H,2-8H2,1H3. The summed E-state index contributed by atoms with van der Waals surface area (Å²) < 4.78 is 0. The van der Waals surface area contributed by atoms with Gasteiger partial charge in [0.05, 0.1) is 0 Å². The van der Waals surface area contributed by atoms with E-state index in [0.29, 0.717) is 6.04 Å². The lowest BCUT2D eigenvalue weighted by molar-refractivity contribution is 0.127. The van der Waals surface area contributed by atoms with E-state index in [1.807, 2.05) is 0 Å². The SMILES string of the molecule is CC1CN(C2CCC2)CCCN1. The van der Waals surface area contributed by atoms with Crippen molar-refractivity contribution in [3.63, 3.8) is 0 Å². The molecule has 1 heterocycles. The van der Waals surface area contributed by atoms with Crippen molar-refractivity contribution in [3.8, 4) is 0 Å². The lowest BCUT2D eigenvalue weighted by Crippen LogP contribution is -2.44. The van der Waals surface area contributed by atoms with Gasteiger partial charge < -0.3 is 5.32 Å². The highest BCUT2D eigenvalue weighted by Gasteiger charge is 2.26. The highest BCUT2D eigenvalue weighted by molar-refractivity contribution is 4.83. The van der Waals surface area contributed by atoms with Crippen molar-refractivity contribution < 1.29 is 0 Å². The third kappa shape index (κ3) is 1.80. The zero-order chi connectivity index (χ0) is 8.39. The molecule has 2 aliphatic rings. The summed E-state index contributed by atoms with van der Waals surface area (Å²) in [5, 5.41) is 3.54. The molecule has 0 spiro atoms. The fourth-order valence-corrected chi connectivity index (χ4v) is 2.22. The van der Waals surface area contributed by atoms with Crippen molar-refractivity contribution >= 4 is 0 Å². The Labute approximate surface area is 75.3 Å². The molecule has 0 aromatic heterocycles. The van der Waals surface area contributed by atoms with E-state index in [4.69, 9.17) is 0 Å². The van der Waals surface area contributed by atoms with Crippen LogP contribution in [0.5, 0.6) is 0 Å². The van der Waals surface area contributed by atoms with Gasteiger partial charge in [0.15, 0.2) is 0 Å². The molecule has 1 atom stereocenters. The van der Waals surface area contributed by atoms with Crippen LogP contribution in [0.2, 0.25) is 0 Å². The van der Waals surface area contributed by atoms with Gasteiger partial charge in [-0.15, -0.1) is 0 Å². The molecule has 1 unspecified atom stereocenters. The Morgan fingerprint density at radius 1 is 1.25 bits per heavy atom. The van der Waals surface area contributed by atoms with Crippen LogP contribution < -0.4 is 5.32 Å². The molecule has 1 aliphatic heterocycles. The molecule has 1 aliphatic carbocycles. The molecule has 0 bridgehead atoms. The maximum Gasteiger partial charge on any atom is 0.0166 e. The van der Waals surface area contributed by atoms with Gasteiger partial charge in [-0.2, -0.15) is 0 Å². The zero-order valence-electron chi connectivity index (χ0n) is 8.05. The van der Waals surface area contributed by atoms with Crippen molar-refractivity contribution in [1.82, 2.24) is 10.2 Å². The highest BCUT2D eigenvalue weighted by Crippen LogP contribution is 2.25. The largest absolute Gasteiger partial charge is 0.313 e. The van der Waals surface area contributed by atoms with E-state index in [-0.39, 0.29) is 0 Å². The summed E-state index contributed by atoms with van der Waals surface area (Å²) in [5.41, 5.74) is 0. The van der Waals surface area contributed by atoms with Gasteiger partial charge >= 0.3 is 0 Å². The van der Waals surface area contributed by atoms with Crippen LogP contribution >= 0.6 is 0 Å². The van der Waals surface area contributed by atoms with Gasteiger partial charge in [-0.3, -0.25) is 4.90 Å². The summed E-state index contributed by atoms with van der Waals surface area (Å²) in [5.74, 6) is 0. The maximum atomic E-state index is 3.54. The van der Waals surface area contributed by atoms with Gasteiger partial charge in [0.25, 0.3) is 0 Å². The minimum atomic E-state index is 0.702. The van der Waals surface area contributed by atoms with Gasteiger partial charge in [0.1, 0.15) is 0 Å². The topological polar surface area (TPSA) is 15.3 Å². The van der Waals surface area contributed by atoms with E-state index in [9.17, 15) is 0 Å². The molecule has 2 fully saturated rings. The minimum absolute atomic E-state index is 0.702. The Morgan fingerprint density at radius 3 is 2.75 bits per heavy atom. The number of nitrogens with zero attached hydrogens (tertiary/aromatic N) is 1. The second-order valence-corrected chi connectivity index (χ2v) is 4.29. The molecule has 12 heavy (non-hydrogen) atoms. The maximum absolute atomic E-state index is 3.54. The average molecular weight is 168 g/mol. The first kappa shape index (κ1) is 8.52. The van der Waals surface area contributed by atoms with E-state index in [2.05, 4.69) is 17.1 Å². The Kier molecular flexibility index (Phi) is 2.66. The summed E-state index contributed by atoms with van der Waals surface area (Å²) in [6, 6.07) is 1.64. The second-order valence-electron chi connectivity index (χ2n) is 4.29. The normalized spacial score (nSPS) is 34.2. The molecule has 2 rings (SSSR count). The van der Waals surface area contributed by atoms with Crippen LogP contribution in [0, 0.1) is 0 Å². The summed E-state index contributed by atoms with van der Waals surface area (Å²) in [4.78, 5) is 2.69. The fraction of sp³-hybridized carbons (Fsp3) is 1.00. The van der Waals surface area contributed by atoms with Crippen LogP contribution in [0.4, 0.5) is 0 Å². The van der Waals surface area contributed by atoms with E-state index in [1.54, 1.807) is 0 Å². The van der Waals surface area contributed by atoms with Crippen LogP contribution in [0.3, 0.4) is 0 Å². The molecule has 2 heteroatoms. The molecule has 1 N–H and O–H groups in total. The van der Waals surface area contributed by atoms with Crippen LogP contribution in [-0.2, 0) is 0 Å². The first-order chi connectivity index (χ1) is 5.86. The van der Waals surface area contributed by atoms with E-state index >= 15 is 0 Å². The quantitative estimate of drug-likeness (QED) is 0.633. The van der Waals surface area contributed by atoms with Crippen molar-refractivity contribution in [2.45, 2.75) is 44.7 Å². The van der Waals surface area contributed by atoms with Gasteiger partial charge in [-0.1, -0.05) is 6.42 Å². The summed E-state index contributed by atoms with van der Waals surface area (Å²) in [6.45, 7) is 6.11. The van der Waals surface area contributed by atoms with Gasteiger partial charge in [-0.25, -0.2) is 0 Å². The first-order valence-corrected chi connectivity index (χ1v) is 5.33. The predicted molar refractivity (Wildman–Crippen MR) is 51.3 cm³/mol. The average Bonchev–Trinajstić information content (AvgIpc) is 2.10. The smallest absolute Gasteiger partial charge is 0.0166 e. The molecule has 0 aromatic carbocycles. The van der Waals surface area contributed by atoms with Crippen LogP contribution in [0.15, 0.2) is 0 Å². The number of nitrogens with one attached hydrogen (secondary N) is 1. The van der Waals surface area contributed by atoms with Gasteiger partial charge in [0.2, 0.25) is 0 Å². The number of hydrogen-bond donors (Lipinski definition) is 1. The zero-order valence-corrected chi connectivity index (χ0v) is 8.05. The van der Waals surface area contributed by atoms with E-state index < -0.39 is 0 Å². The summed E-state index contributed by atoms with van der Waals surface area (Å²) in [7, 11) is 0. The summed E-state index contributed by atoms with van der Waals surface area (Å²) in [6.07, 6.45) is 5.70. The van der Waals surface area contributed by atoms with Crippen molar-refractivity contribution in [2.24, 2.45) is 0 Å².